The van der Waals surface area contributed by atoms with Crippen LogP contribution in [-0.4, -0.2) is 18.5 Å². The average Bonchev–Trinajstić information content (AvgIpc) is 2.98. The van der Waals surface area contributed by atoms with E-state index in [1.807, 2.05) is 11.3 Å². The molecule has 1 aromatic heterocycles. The van der Waals surface area contributed by atoms with E-state index in [0.29, 0.717) is 0 Å². The summed E-state index contributed by atoms with van der Waals surface area (Å²) in [4.78, 5) is 3.79. The first-order chi connectivity index (χ1) is 8.81. The Balaban J connectivity index is 1.65. The van der Waals surface area contributed by atoms with Gasteiger partial charge in [0.05, 0.1) is 0 Å². The number of nitrogens with one attached hydrogen (secondary N) is 1. The molecule has 0 atom stereocenters. The maximum absolute atomic E-state index is 3.44. The van der Waals surface area contributed by atoms with Crippen molar-refractivity contribution in [3.05, 3.63) is 51.7 Å². The Labute approximate surface area is 112 Å². The van der Waals surface area contributed by atoms with Crippen molar-refractivity contribution >= 4 is 17.0 Å². The Morgan fingerprint density at radius 1 is 1.28 bits per heavy atom. The molecule has 0 saturated heterocycles. The summed E-state index contributed by atoms with van der Waals surface area (Å²) in [6.45, 7) is 3.12. The van der Waals surface area contributed by atoms with Gasteiger partial charge < -0.3 is 5.32 Å². The van der Waals surface area contributed by atoms with Crippen molar-refractivity contribution in [2.45, 2.75) is 19.5 Å². The van der Waals surface area contributed by atoms with E-state index in [-0.39, 0.29) is 0 Å². The van der Waals surface area contributed by atoms with Gasteiger partial charge in [0.15, 0.2) is 0 Å². The van der Waals surface area contributed by atoms with E-state index in [9.17, 15) is 0 Å². The van der Waals surface area contributed by atoms with Gasteiger partial charge in [0.1, 0.15) is 0 Å². The second kappa shape index (κ2) is 5.12. The normalized spacial score (nSPS) is 13.7. The Bertz CT molecular complexity index is 519. The topological polar surface area (TPSA) is 15.3 Å². The Hall–Kier alpha value is -1.32. The minimum absolute atomic E-state index is 1.01. The van der Waals surface area contributed by atoms with E-state index in [2.05, 4.69) is 53.0 Å². The number of fused-ring (bicyclic) bond motifs is 1. The quantitative estimate of drug-likeness (QED) is 0.904. The number of hydrogen-bond acceptors (Lipinski definition) is 3. The number of rotatable bonds is 4. The molecule has 0 amide bonds. The van der Waals surface area contributed by atoms with Crippen LogP contribution >= 0.6 is 11.3 Å². The maximum atomic E-state index is 3.44. The van der Waals surface area contributed by atoms with Gasteiger partial charge in [0.2, 0.25) is 0 Å². The second-order valence-electron chi connectivity index (χ2n) is 4.92. The highest BCUT2D eigenvalue weighted by Gasteiger charge is 2.10. The van der Waals surface area contributed by atoms with E-state index in [1.54, 1.807) is 0 Å². The van der Waals surface area contributed by atoms with Crippen molar-refractivity contribution in [2.75, 3.05) is 18.9 Å². The first-order valence-corrected chi connectivity index (χ1v) is 7.26. The largest absolute Gasteiger partial charge is 0.384 e. The first kappa shape index (κ1) is 11.8. The fraction of sp³-hybridized carbons (Fsp3) is 0.333. The van der Waals surface area contributed by atoms with Crippen LogP contribution in [-0.2, 0) is 19.5 Å². The van der Waals surface area contributed by atoms with Gasteiger partial charge in [-0.05, 0) is 42.1 Å². The van der Waals surface area contributed by atoms with Crippen LogP contribution in [0.25, 0.3) is 0 Å². The lowest BCUT2D eigenvalue weighted by Crippen LogP contribution is -2.16. The average molecular weight is 258 g/mol. The summed E-state index contributed by atoms with van der Waals surface area (Å²) in [6, 6.07) is 11.1. The molecule has 94 valence electrons. The third-order valence-corrected chi connectivity index (χ3v) is 4.20. The van der Waals surface area contributed by atoms with Gasteiger partial charge in [0, 0.05) is 30.2 Å². The van der Waals surface area contributed by atoms with E-state index in [1.165, 1.54) is 28.1 Å². The summed E-state index contributed by atoms with van der Waals surface area (Å²) in [7, 11) is 2.18. The van der Waals surface area contributed by atoms with Crippen molar-refractivity contribution in [3.63, 3.8) is 0 Å². The first-order valence-electron chi connectivity index (χ1n) is 6.38. The van der Waals surface area contributed by atoms with Crippen LogP contribution in [0.3, 0.4) is 0 Å². The summed E-state index contributed by atoms with van der Waals surface area (Å²) in [5.74, 6) is 0. The fourth-order valence-electron chi connectivity index (χ4n) is 2.47. The molecule has 0 aliphatic carbocycles. The van der Waals surface area contributed by atoms with Crippen LogP contribution in [0.1, 0.15) is 16.0 Å². The minimum atomic E-state index is 1.01. The molecule has 1 aromatic carbocycles. The van der Waals surface area contributed by atoms with Gasteiger partial charge in [-0.2, -0.15) is 0 Å². The number of anilines is 1. The summed E-state index contributed by atoms with van der Waals surface area (Å²) < 4.78 is 0. The second-order valence-corrected chi connectivity index (χ2v) is 5.95. The lowest BCUT2D eigenvalue weighted by molar-refractivity contribution is 0.322. The molecule has 18 heavy (non-hydrogen) atoms. The molecule has 2 aromatic rings. The van der Waals surface area contributed by atoms with Crippen molar-refractivity contribution in [2.24, 2.45) is 0 Å². The minimum Gasteiger partial charge on any atom is -0.384 e. The standard InChI is InChI=1S/C15H18N2S/c1-17(11-14-3-2-8-18-14)10-12-4-5-13-6-7-16-15(13)9-12/h2-5,8-9,16H,6-7,10-11H2,1H3. The summed E-state index contributed by atoms with van der Waals surface area (Å²) >= 11 is 1.83. The molecular weight excluding hydrogens is 240 g/mol. The smallest absolute Gasteiger partial charge is 0.0376 e. The van der Waals surface area contributed by atoms with E-state index < -0.39 is 0 Å². The molecule has 1 aliphatic rings. The third-order valence-electron chi connectivity index (χ3n) is 3.34. The molecule has 3 rings (SSSR count). The van der Waals surface area contributed by atoms with E-state index in [0.717, 1.165) is 19.6 Å². The zero-order chi connectivity index (χ0) is 12.4. The van der Waals surface area contributed by atoms with Crippen LogP contribution in [0.5, 0.6) is 0 Å². The molecular formula is C15H18N2S. The molecule has 3 heteroatoms. The highest BCUT2D eigenvalue weighted by atomic mass is 32.1. The SMILES string of the molecule is CN(Cc1ccc2c(c1)NCC2)Cc1cccs1. The zero-order valence-electron chi connectivity index (χ0n) is 10.6. The van der Waals surface area contributed by atoms with Crippen LogP contribution < -0.4 is 5.32 Å². The highest BCUT2D eigenvalue weighted by Crippen LogP contribution is 2.24. The molecule has 2 nitrogen and oxygen atoms in total. The van der Waals surface area contributed by atoms with Crippen molar-refractivity contribution in [1.82, 2.24) is 4.90 Å². The molecule has 1 N–H and O–H groups in total. The molecule has 2 heterocycles. The van der Waals surface area contributed by atoms with E-state index in [4.69, 9.17) is 0 Å². The van der Waals surface area contributed by atoms with Gasteiger partial charge in [-0.1, -0.05) is 18.2 Å². The van der Waals surface area contributed by atoms with Crippen LogP contribution in [0, 0.1) is 0 Å². The number of hydrogen-bond donors (Lipinski definition) is 1. The Kier molecular flexibility index (Phi) is 3.35. The molecule has 0 saturated carbocycles. The Morgan fingerprint density at radius 3 is 3.06 bits per heavy atom. The monoisotopic (exact) mass is 258 g/mol. The lowest BCUT2D eigenvalue weighted by Gasteiger charge is -2.16. The highest BCUT2D eigenvalue weighted by molar-refractivity contribution is 7.09. The molecule has 0 spiro atoms. The maximum Gasteiger partial charge on any atom is 0.0376 e. The number of benzene rings is 1. The predicted octanol–water partition coefficient (Wildman–Crippen LogP) is 3.35. The van der Waals surface area contributed by atoms with Gasteiger partial charge in [0.25, 0.3) is 0 Å². The molecule has 1 aliphatic heterocycles. The predicted molar refractivity (Wildman–Crippen MR) is 78.1 cm³/mol. The van der Waals surface area contributed by atoms with Crippen molar-refractivity contribution in [1.29, 1.82) is 0 Å². The van der Waals surface area contributed by atoms with Gasteiger partial charge in [-0.25, -0.2) is 0 Å². The van der Waals surface area contributed by atoms with E-state index >= 15 is 0 Å². The zero-order valence-corrected chi connectivity index (χ0v) is 11.5. The molecule has 0 radical (unpaired) electrons. The van der Waals surface area contributed by atoms with Crippen LogP contribution in [0.15, 0.2) is 35.7 Å². The number of nitrogens with zero attached hydrogens (tertiary/aromatic N) is 1. The van der Waals surface area contributed by atoms with Gasteiger partial charge >= 0.3 is 0 Å². The van der Waals surface area contributed by atoms with Crippen molar-refractivity contribution in [3.8, 4) is 0 Å². The Morgan fingerprint density at radius 2 is 2.22 bits per heavy atom. The third kappa shape index (κ3) is 2.57. The van der Waals surface area contributed by atoms with Crippen LogP contribution in [0.2, 0.25) is 0 Å². The molecule has 0 bridgehead atoms. The number of thiophene rings is 1. The van der Waals surface area contributed by atoms with Gasteiger partial charge in [-0.15, -0.1) is 11.3 Å². The van der Waals surface area contributed by atoms with Gasteiger partial charge in [-0.3, -0.25) is 4.90 Å². The fourth-order valence-corrected chi connectivity index (χ4v) is 3.26. The van der Waals surface area contributed by atoms with Crippen LogP contribution in [0.4, 0.5) is 5.69 Å². The summed E-state index contributed by atoms with van der Waals surface area (Å²) in [5, 5.41) is 5.58. The summed E-state index contributed by atoms with van der Waals surface area (Å²) in [6.07, 6.45) is 1.17. The summed E-state index contributed by atoms with van der Waals surface area (Å²) in [5.41, 5.74) is 4.18. The lowest BCUT2D eigenvalue weighted by atomic mass is 10.1. The molecule has 0 unspecified atom stereocenters. The van der Waals surface area contributed by atoms with Crippen molar-refractivity contribution < 1.29 is 0 Å². The molecule has 0 fully saturated rings.